The largest absolute Gasteiger partial charge is 0.457 e. The molecule has 6 heteroatoms. The topological polar surface area (TPSA) is 54.5 Å². The summed E-state index contributed by atoms with van der Waals surface area (Å²) in [5.41, 5.74) is 3.02. The van der Waals surface area contributed by atoms with E-state index in [1.165, 1.54) is 12.1 Å². The Bertz CT molecular complexity index is 1010. The Balaban J connectivity index is 1.28. The number of amides is 2. The Morgan fingerprint density at radius 2 is 1.68 bits per heavy atom. The molecule has 2 heterocycles. The predicted molar refractivity (Wildman–Crippen MR) is 119 cm³/mol. The summed E-state index contributed by atoms with van der Waals surface area (Å²) in [5, 5.41) is 2.83. The molecule has 1 aliphatic rings. The Morgan fingerprint density at radius 1 is 0.935 bits per heavy atom. The van der Waals surface area contributed by atoms with E-state index in [1.807, 2.05) is 41.3 Å². The van der Waals surface area contributed by atoms with Gasteiger partial charge in [0.15, 0.2) is 0 Å². The zero-order chi connectivity index (χ0) is 21.5. The van der Waals surface area contributed by atoms with Crippen molar-refractivity contribution in [2.75, 3.05) is 19.6 Å². The molecule has 0 spiro atoms. The Labute approximate surface area is 181 Å². The molecule has 0 unspecified atom stereocenters. The Morgan fingerprint density at radius 3 is 2.39 bits per heavy atom. The first-order valence-electron chi connectivity index (χ1n) is 10.7. The molecule has 160 valence electrons. The van der Waals surface area contributed by atoms with E-state index in [1.54, 1.807) is 12.1 Å². The van der Waals surface area contributed by atoms with Gasteiger partial charge in [-0.05, 0) is 79.9 Å². The van der Waals surface area contributed by atoms with Crippen LogP contribution in [0.25, 0.3) is 11.3 Å². The molecule has 0 atom stereocenters. The molecule has 2 amide bonds. The van der Waals surface area contributed by atoms with Gasteiger partial charge in [0.2, 0.25) is 0 Å². The van der Waals surface area contributed by atoms with Crippen LogP contribution in [0.2, 0.25) is 0 Å². The molecule has 0 saturated carbocycles. The molecule has 4 rings (SSSR count). The summed E-state index contributed by atoms with van der Waals surface area (Å²) < 4.78 is 18.8. The van der Waals surface area contributed by atoms with Gasteiger partial charge in [-0.2, -0.15) is 0 Å². The summed E-state index contributed by atoms with van der Waals surface area (Å²) in [5.74, 6) is 1.01. The third kappa shape index (κ3) is 5.81. The molecule has 3 aromatic rings. The van der Waals surface area contributed by atoms with Gasteiger partial charge in [-0.25, -0.2) is 9.18 Å². The highest BCUT2D eigenvalue weighted by atomic mass is 19.1. The smallest absolute Gasteiger partial charge is 0.317 e. The third-order valence-electron chi connectivity index (χ3n) is 5.31. The van der Waals surface area contributed by atoms with Crippen molar-refractivity contribution in [1.29, 1.82) is 0 Å². The first-order chi connectivity index (χ1) is 15.2. The number of unbranched alkanes of at least 4 members (excludes halogenated alkanes) is 2. The lowest BCUT2D eigenvalue weighted by Crippen LogP contribution is -2.28. The number of carbonyl (C=O) groups excluding carboxylic acids is 1. The molecule has 1 aromatic heterocycles. The summed E-state index contributed by atoms with van der Waals surface area (Å²) in [6, 6.07) is 19.9. The fourth-order valence-corrected chi connectivity index (χ4v) is 3.62. The molecule has 0 aliphatic carbocycles. The minimum atomic E-state index is -0.285. The summed E-state index contributed by atoms with van der Waals surface area (Å²) in [7, 11) is 0. The van der Waals surface area contributed by atoms with Crippen molar-refractivity contribution in [3.8, 4) is 22.8 Å². The van der Waals surface area contributed by atoms with Crippen LogP contribution in [0.4, 0.5) is 9.18 Å². The van der Waals surface area contributed by atoms with Crippen molar-refractivity contribution in [2.24, 2.45) is 0 Å². The van der Waals surface area contributed by atoms with E-state index in [0.717, 1.165) is 62.3 Å². The molecule has 1 N–H and O–H groups in total. The fourth-order valence-electron chi connectivity index (χ4n) is 3.62. The van der Waals surface area contributed by atoms with Crippen LogP contribution >= 0.6 is 0 Å². The van der Waals surface area contributed by atoms with Crippen molar-refractivity contribution in [1.82, 2.24) is 15.2 Å². The Hall–Kier alpha value is -3.41. The van der Waals surface area contributed by atoms with Gasteiger partial charge in [-0.15, -0.1) is 0 Å². The number of halogens is 1. The van der Waals surface area contributed by atoms with E-state index < -0.39 is 0 Å². The number of nitrogens with zero attached hydrogens (tertiary/aromatic N) is 2. The maximum Gasteiger partial charge on any atom is 0.317 e. The maximum absolute atomic E-state index is 13.0. The summed E-state index contributed by atoms with van der Waals surface area (Å²) in [6.07, 6.45) is 4.07. The van der Waals surface area contributed by atoms with Crippen molar-refractivity contribution in [3.05, 3.63) is 78.2 Å². The monoisotopic (exact) mass is 419 g/mol. The molecule has 1 saturated heterocycles. The molecule has 0 radical (unpaired) electrons. The van der Waals surface area contributed by atoms with Crippen molar-refractivity contribution < 1.29 is 13.9 Å². The minimum absolute atomic E-state index is 0.0588. The van der Waals surface area contributed by atoms with Crippen LogP contribution < -0.4 is 10.1 Å². The number of carbonyl (C=O) groups is 1. The number of pyridine rings is 1. The molecule has 5 nitrogen and oxygen atoms in total. The van der Waals surface area contributed by atoms with Gasteiger partial charge in [0.25, 0.3) is 0 Å². The second kappa shape index (κ2) is 10.1. The molecule has 2 aromatic carbocycles. The van der Waals surface area contributed by atoms with Gasteiger partial charge in [0.05, 0.1) is 5.69 Å². The average Bonchev–Trinajstić information content (AvgIpc) is 3.20. The normalized spacial score (nSPS) is 13.3. The standard InChI is InChI=1S/C25H26FN3O2/c26-20-10-14-23(15-11-20)31-22-12-8-19(9-13-22)24-7-4-6-21(28-24)5-2-1-3-17-29-18-16-27-25(29)30/h4,6-15H,1-3,5,16-18H2,(H,27,30). The lowest BCUT2D eigenvalue weighted by Gasteiger charge is -2.13. The van der Waals surface area contributed by atoms with Crippen molar-refractivity contribution in [3.63, 3.8) is 0 Å². The van der Waals surface area contributed by atoms with Crippen LogP contribution in [0, 0.1) is 5.82 Å². The van der Waals surface area contributed by atoms with Crippen LogP contribution in [0.3, 0.4) is 0 Å². The third-order valence-corrected chi connectivity index (χ3v) is 5.31. The zero-order valence-electron chi connectivity index (χ0n) is 17.4. The second-order valence-corrected chi connectivity index (χ2v) is 7.62. The molecule has 31 heavy (non-hydrogen) atoms. The molecular weight excluding hydrogens is 393 g/mol. The summed E-state index contributed by atoms with van der Waals surface area (Å²) in [6.45, 7) is 2.40. The number of aryl methyl sites for hydroxylation is 1. The second-order valence-electron chi connectivity index (χ2n) is 7.62. The average molecular weight is 420 g/mol. The number of rotatable bonds is 9. The number of urea groups is 1. The number of hydrogen-bond acceptors (Lipinski definition) is 3. The van der Waals surface area contributed by atoms with E-state index in [0.29, 0.717) is 11.5 Å². The fraction of sp³-hybridized carbons (Fsp3) is 0.280. The van der Waals surface area contributed by atoms with Crippen molar-refractivity contribution >= 4 is 6.03 Å². The van der Waals surface area contributed by atoms with E-state index in [-0.39, 0.29) is 11.8 Å². The van der Waals surface area contributed by atoms with Crippen LogP contribution in [0.1, 0.15) is 25.0 Å². The molecule has 1 aliphatic heterocycles. The molecule has 1 fully saturated rings. The van der Waals surface area contributed by atoms with E-state index in [2.05, 4.69) is 11.4 Å². The highest BCUT2D eigenvalue weighted by Gasteiger charge is 2.18. The quantitative estimate of drug-likeness (QED) is 0.471. The highest BCUT2D eigenvalue weighted by Crippen LogP contribution is 2.25. The highest BCUT2D eigenvalue weighted by molar-refractivity contribution is 5.76. The van der Waals surface area contributed by atoms with Crippen LogP contribution in [0.15, 0.2) is 66.7 Å². The first kappa shape index (κ1) is 20.8. The van der Waals surface area contributed by atoms with Crippen LogP contribution in [0.5, 0.6) is 11.5 Å². The number of benzene rings is 2. The van der Waals surface area contributed by atoms with Gasteiger partial charge >= 0.3 is 6.03 Å². The number of aromatic nitrogens is 1. The SMILES string of the molecule is O=C1NCCN1CCCCCc1cccc(-c2ccc(Oc3ccc(F)cc3)cc2)n1. The van der Waals surface area contributed by atoms with Gasteiger partial charge < -0.3 is 15.0 Å². The predicted octanol–water partition coefficient (Wildman–Crippen LogP) is 5.42. The summed E-state index contributed by atoms with van der Waals surface area (Å²) >= 11 is 0. The van der Waals surface area contributed by atoms with E-state index in [9.17, 15) is 9.18 Å². The summed E-state index contributed by atoms with van der Waals surface area (Å²) in [4.78, 5) is 18.2. The number of hydrogen-bond donors (Lipinski definition) is 1. The molecule has 0 bridgehead atoms. The Kier molecular flexibility index (Phi) is 6.77. The maximum atomic E-state index is 13.0. The lowest BCUT2D eigenvalue weighted by atomic mass is 10.1. The minimum Gasteiger partial charge on any atom is -0.457 e. The van der Waals surface area contributed by atoms with E-state index >= 15 is 0 Å². The van der Waals surface area contributed by atoms with Crippen molar-refractivity contribution in [2.45, 2.75) is 25.7 Å². The lowest BCUT2D eigenvalue weighted by molar-refractivity contribution is 0.216. The molecular formula is C25H26FN3O2. The van der Waals surface area contributed by atoms with Gasteiger partial charge in [0.1, 0.15) is 17.3 Å². The van der Waals surface area contributed by atoms with Crippen LogP contribution in [-0.2, 0) is 6.42 Å². The number of ether oxygens (including phenoxy) is 1. The zero-order valence-corrected chi connectivity index (χ0v) is 17.4. The van der Waals surface area contributed by atoms with Crippen LogP contribution in [-0.4, -0.2) is 35.5 Å². The number of nitrogens with one attached hydrogen (secondary N) is 1. The van der Waals surface area contributed by atoms with Gasteiger partial charge in [0, 0.05) is 30.9 Å². The first-order valence-corrected chi connectivity index (χ1v) is 10.7. The van der Waals surface area contributed by atoms with Gasteiger partial charge in [-0.1, -0.05) is 12.5 Å². The van der Waals surface area contributed by atoms with Gasteiger partial charge in [-0.3, -0.25) is 4.98 Å². The van der Waals surface area contributed by atoms with E-state index in [4.69, 9.17) is 9.72 Å².